The highest BCUT2D eigenvalue weighted by Crippen LogP contribution is 2.30. The van der Waals surface area contributed by atoms with Gasteiger partial charge in [-0.05, 0) is 12.8 Å². The third-order valence-corrected chi connectivity index (χ3v) is 4.25. The number of alkyl halides is 3. The monoisotopic (exact) mass is 354 g/mol. The number of H-pyrrole nitrogens is 1. The van der Waals surface area contributed by atoms with Crippen LogP contribution in [0.1, 0.15) is 40.6 Å². The van der Waals surface area contributed by atoms with Crippen LogP contribution < -0.4 is 5.32 Å². The Morgan fingerprint density at radius 3 is 2.60 bits per heavy atom. The number of nitrogens with zero attached hydrogens (tertiary/aromatic N) is 4. The number of hydrogen-bond acceptors (Lipinski definition) is 5. The van der Waals surface area contributed by atoms with Crippen LogP contribution >= 0.6 is 0 Å². The number of nitrogens with one attached hydrogen (secondary N) is 2. The molecule has 7 nitrogen and oxygen atoms in total. The molecule has 1 fully saturated rings. The molecule has 1 saturated heterocycles. The normalized spacial score (nSPS) is 16.1. The first-order valence-electron chi connectivity index (χ1n) is 7.80. The average molecular weight is 354 g/mol. The molecular weight excluding hydrogens is 337 g/mol. The lowest BCUT2D eigenvalue weighted by atomic mass is 9.93. The number of aromatic nitrogens is 4. The van der Waals surface area contributed by atoms with Gasteiger partial charge < -0.3 is 10.2 Å². The Morgan fingerprint density at radius 2 is 2.00 bits per heavy atom. The summed E-state index contributed by atoms with van der Waals surface area (Å²) in [4.78, 5) is 22.2. The molecule has 3 rings (SSSR count). The van der Waals surface area contributed by atoms with Gasteiger partial charge in [0.15, 0.2) is 5.69 Å². The molecule has 1 amide bonds. The SMILES string of the molecule is CNc1cc(C2CCN(C(=O)c3cc(C(F)(F)F)[nH]n3)CC2)ncn1. The minimum absolute atomic E-state index is 0.184. The predicted octanol–water partition coefficient (Wildman–Crippen LogP) is 2.28. The maximum Gasteiger partial charge on any atom is 0.432 e. The molecule has 0 aromatic carbocycles. The molecule has 10 heteroatoms. The van der Waals surface area contributed by atoms with E-state index < -0.39 is 17.8 Å². The minimum atomic E-state index is -4.55. The molecule has 0 unspecified atom stereocenters. The Labute approximate surface area is 141 Å². The Bertz CT molecular complexity index is 752. The van der Waals surface area contributed by atoms with Crippen molar-refractivity contribution < 1.29 is 18.0 Å². The van der Waals surface area contributed by atoms with E-state index in [1.807, 2.05) is 11.2 Å². The zero-order valence-corrected chi connectivity index (χ0v) is 13.5. The van der Waals surface area contributed by atoms with Crippen LogP contribution in [0.15, 0.2) is 18.5 Å². The number of rotatable bonds is 3. The van der Waals surface area contributed by atoms with Gasteiger partial charge in [-0.25, -0.2) is 9.97 Å². The summed E-state index contributed by atoms with van der Waals surface area (Å²) in [6.45, 7) is 0.882. The van der Waals surface area contributed by atoms with Gasteiger partial charge in [0.05, 0.1) is 0 Å². The van der Waals surface area contributed by atoms with Crippen molar-refractivity contribution in [3.63, 3.8) is 0 Å². The molecule has 2 N–H and O–H groups in total. The van der Waals surface area contributed by atoms with Gasteiger partial charge in [-0.15, -0.1) is 0 Å². The van der Waals surface area contributed by atoms with Crippen molar-refractivity contribution >= 4 is 11.7 Å². The first-order chi connectivity index (χ1) is 11.9. The Hall–Kier alpha value is -2.65. The first-order valence-corrected chi connectivity index (χ1v) is 7.80. The number of halogens is 3. The Morgan fingerprint density at radius 1 is 1.28 bits per heavy atom. The van der Waals surface area contributed by atoms with E-state index in [0.29, 0.717) is 25.9 Å². The van der Waals surface area contributed by atoms with Gasteiger partial charge in [-0.1, -0.05) is 0 Å². The van der Waals surface area contributed by atoms with Gasteiger partial charge in [-0.3, -0.25) is 9.89 Å². The van der Waals surface area contributed by atoms with E-state index in [1.165, 1.54) is 11.2 Å². The highest BCUT2D eigenvalue weighted by Gasteiger charge is 2.35. The van der Waals surface area contributed by atoms with Gasteiger partial charge in [0.1, 0.15) is 17.8 Å². The van der Waals surface area contributed by atoms with E-state index in [2.05, 4.69) is 20.4 Å². The summed E-state index contributed by atoms with van der Waals surface area (Å²) in [5, 5.41) is 8.31. The van der Waals surface area contributed by atoms with Crippen LogP contribution in [0.2, 0.25) is 0 Å². The molecule has 1 aliphatic rings. The third kappa shape index (κ3) is 3.72. The molecule has 25 heavy (non-hydrogen) atoms. The maximum absolute atomic E-state index is 12.6. The summed E-state index contributed by atoms with van der Waals surface area (Å²) in [6.07, 6.45) is -1.69. The smallest absolute Gasteiger partial charge is 0.373 e. The molecule has 0 spiro atoms. The van der Waals surface area contributed by atoms with Crippen LogP contribution in [0.25, 0.3) is 0 Å². The molecule has 2 aromatic rings. The van der Waals surface area contributed by atoms with Crippen LogP contribution in [-0.2, 0) is 6.18 Å². The summed E-state index contributed by atoms with van der Waals surface area (Å²) >= 11 is 0. The van der Waals surface area contributed by atoms with Crippen LogP contribution in [0.4, 0.5) is 19.0 Å². The summed E-state index contributed by atoms with van der Waals surface area (Å²) in [6, 6.07) is 2.61. The minimum Gasteiger partial charge on any atom is -0.373 e. The fourth-order valence-electron chi connectivity index (χ4n) is 2.85. The van der Waals surface area contributed by atoms with Gasteiger partial charge in [0, 0.05) is 43.9 Å². The van der Waals surface area contributed by atoms with Crippen molar-refractivity contribution in [1.29, 1.82) is 0 Å². The molecule has 3 heterocycles. The summed E-state index contributed by atoms with van der Waals surface area (Å²) < 4.78 is 37.8. The van der Waals surface area contributed by atoms with Gasteiger partial charge in [0.2, 0.25) is 0 Å². The van der Waals surface area contributed by atoms with Gasteiger partial charge in [-0.2, -0.15) is 18.3 Å². The molecule has 0 bridgehead atoms. The lowest BCUT2D eigenvalue weighted by Crippen LogP contribution is -2.38. The molecular formula is C15H17F3N6O. The molecule has 0 radical (unpaired) electrons. The van der Waals surface area contributed by atoms with E-state index in [9.17, 15) is 18.0 Å². The molecule has 1 aliphatic heterocycles. The number of amides is 1. The number of piperidine rings is 1. The van der Waals surface area contributed by atoms with Gasteiger partial charge in [0.25, 0.3) is 5.91 Å². The van der Waals surface area contributed by atoms with Crippen molar-refractivity contribution in [2.24, 2.45) is 0 Å². The van der Waals surface area contributed by atoms with Crippen LogP contribution in [0, 0.1) is 0 Å². The summed E-state index contributed by atoms with van der Waals surface area (Å²) in [5.74, 6) is 0.410. The summed E-state index contributed by atoms with van der Waals surface area (Å²) in [7, 11) is 1.77. The topological polar surface area (TPSA) is 86.8 Å². The van der Waals surface area contributed by atoms with Crippen molar-refractivity contribution in [3.05, 3.63) is 35.5 Å². The second kappa shape index (κ2) is 6.69. The number of hydrogen-bond donors (Lipinski definition) is 2. The lowest BCUT2D eigenvalue weighted by Gasteiger charge is -2.31. The van der Waals surface area contributed by atoms with Crippen LogP contribution in [0.3, 0.4) is 0 Å². The largest absolute Gasteiger partial charge is 0.432 e. The second-order valence-corrected chi connectivity index (χ2v) is 5.81. The Kier molecular flexibility index (Phi) is 4.60. The van der Waals surface area contributed by atoms with E-state index in [1.54, 1.807) is 7.05 Å². The van der Waals surface area contributed by atoms with E-state index in [0.717, 1.165) is 17.6 Å². The fraction of sp³-hybridized carbons (Fsp3) is 0.467. The van der Waals surface area contributed by atoms with Crippen molar-refractivity contribution in [1.82, 2.24) is 25.1 Å². The predicted molar refractivity (Wildman–Crippen MR) is 83.0 cm³/mol. The second-order valence-electron chi connectivity index (χ2n) is 5.81. The molecule has 2 aromatic heterocycles. The van der Waals surface area contributed by atoms with E-state index in [-0.39, 0.29) is 11.6 Å². The molecule has 0 aliphatic carbocycles. The van der Waals surface area contributed by atoms with Crippen LogP contribution in [0.5, 0.6) is 0 Å². The maximum atomic E-state index is 12.6. The zero-order valence-electron chi connectivity index (χ0n) is 13.5. The van der Waals surface area contributed by atoms with Crippen molar-refractivity contribution in [2.45, 2.75) is 24.9 Å². The number of anilines is 1. The Balaban J connectivity index is 1.63. The molecule has 134 valence electrons. The first kappa shape index (κ1) is 17.2. The number of carbonyl (C=O) groups is 1. The highest BCUT2D eigenvalue weighted by atomic mass is 19.4. The highest BCUT2D eigenvalue weighted by molar-refractivity contribution is 5.92. The van der Waals surface area contributed by atoms with Gasteiger partial charge >= 0.3 is 6.18 Å². The fourth-order valence-corrected chi connectivity index (χ4v) is 2.85. The number of aromatic amines is 1. The number of likely N-dealkylation sites (tertiary alicyclic amines) is 1. The molecule has 0 saturated carbocycles. The third-order valence-electron chi connectivity index (χ3n) is 4.25. The van der Waals surface area contributed by atoms with Crippen molar-refractivity contribution in [2.75, 3.05) is 25.5 Å². The zero-order chi connectivity index (χ0) is 18.0. The summed E-state index contributed by atoms with van der Waals surface area (Å²) in [5.41, 5.74) is -0.345. The molecule has 0 atom stereocenters. The number of carbonyl (C=O) groups excluding carboxylic acids is 1. The lowest BCUT2D eigenvalue weighted by molar-refractivity contribution is -0.141. The van der Waals surface area contributed by atoms with Crippen molar-refractivity contribution in [3.8, 4) is 0 Å². The van der Waals surface area contributed by atoms with Crippen LogP contribution in [-0.4, -0.2) is 51.1 Å². The van der Waals surface area contributed by atoms with E-state index >= 15 is 0 Å². The standard InChI is InChI=1S/C15H17F3N6O/c1-19-13-7-10(20-8-21-13)9-2-4-24(5-3-9)14(25)11-6-12(23-22-11)15(16,17)18/h6-9H,2-5H2,1H3,(H,22,23)(H,19,20,21). The quantitative estimate of drug-likeness (QED) is 0.883. The van der Waals surface area contributed by atoms with E-state index in [4.69, 9.17) is 0 Å². The average Bonchev–Trinajstić information content (AvgIpc) is 3.12.